The van der Waals surface area contributed by atoms with Gasteiger partial charge in [0.25, 0.3) is 0 Å². The van der Waals surface area contributed by atoms with E-state index >= 15 is 0 Å². The van der Waals surface area contributed by atoms with E-state index in [9.17, 15) is 4.79 Å². The zero-order chi connectivity index (χ0) is 14.4. The number of hydrogen-bond donors (Lipinski definition) is 1. The van der Waals surface area contributed by atoms with Gasteiger partial charge in [0.1, 0.15) is 0 Å². The molecule has 1 aromatic carbocycles. The number of rotatable bonds is 7. The molecule has 1 aromatic rings. The van der Waals surface area contributed by atoms with E-state index in [2.05, 4.69) is 24.3 Å². The minimum Gasteiger partial charge on any atom is -0.480 e. The Morgan fingerprint density at radius 2 is 2.25 bits per heavy atom. The maximum absolute atomic E-state index is 11.0. The third-order valence-corrected chi connectivity index (χ3v) is 3.94. The van der Waals surface area contributed by atoms with Crippen LogP contribution in [0.5, 0.6) is 0 Å². The highest BCUT2D eigenvalue weighted by atomic mass is 16.5. The van der Waals surface area contributed by atoms with Crippen LogP contribution in [0.3, 0.4) is 0 Å². The summed E-state index contributed by atoms with van der Waals surface area (Å²) in [5.74, 6) is -0.332. The number of aliphatic carboxylic acids is 1. The third kappa shape index (κ3) is 4.05. The van der Waals surface area contributed by atoms with Crippen LogP contribution in [-0.4, -0.2) is 49.3 Å². The second-order valence-electron chi connectivity index (χ2n) is 5.41. The van der Waals surface area contributed by atoms with Crippen LogP contribution in [0.1, 0.15) is 29.9 Å². The number of aryl methyl sites for hydroxylation is 1. The van der Waals surface area contributed by atoms with E-state index in [0.29, 0.717) is 19.1 Å². The number of carbonyl (C=O) groups is 1. The largest absolute Gasteiger partial charge is 0.480 e. The van der Waals surface area contributed by atoms with Crippen molar-refractivity contribution in [1.29, 1.82) is 0 Å². The number of fused-ring (bicyclic) bond motifs is 1. The maximum Gasteiger partial charge on any atom is 0.317 e. The summed E-state index contributed by atoms with van der Waals surface area (Å²) in [6, 6.07) is 8.54. The van der Waals surface area contributed by atoms with Crippen LogP contribution >= 0.6 is 0 Å². The lowest BCUT2D eigenvalue weighted by Crippen LogP contribution is -2.36. The maximum atomic E-state index is 11.0. The fourth-order valence-electron chi connectivity index (χ4n) is 3.00. The van der Waals surface area contributed by atoms with Crippen molar-refractivity contribution in [2.45, 2.75) is 25.2 Å². The smallest absolute Gasteiger partial charge is 0.317 e. The minimum absolute atomic E-state index is 0.0853. The first kappa shape index (κ1) is 15.0. The molecule has 0 radical (unpaired) electrons. The Morgan fingerprint density at radius 3 is 3.00 bits per heavy atom. The molecule has 4 heteroatoms. The van der Waals surface area contributed by atoms with Crippen molar-refractivity contribution < 1.29 is 14.6 Å². The molecule has 0 amide bonds. The summed E-state index contributed by atoms with van der Waals surface area (Å²) in [5.41, 5.74) is 2.82. The number of nitrogens with zero attached hydrogens (tertiary/aromatic N) is 1. The van der Waals surface area contributed by atoms with E-state index in [-0.39, 0.29) is 6.54 Å². The van der Waals surface area contributed by atoms with Crippen molar-refractivity contribution in [1.82, 2.24) is 4.90 Å². The Balaban J connectivity index is 2.04. The van der Waals surface area contributed by atoms with E-state index < -0.39 is 5.97 Å². The molecule has 0 fully saturated rings. The van der Waals surface area contributed by atoms with Crippen LogP contribution in [0, 0.1) is 0 Å². The van der Waals surface area contributed by atoms with Gasteiger partial charge in [-0.1, -0.05) is 24.3 Å². The van der Waals surface area contributed by atoms with Gasteiger partial charge >= 0.3 is 5.97 Å². The number of carboxylic acids is 1. The lowest BCUT2D eigenvalue weighted by molar-refractivity contribution is -0.138. The highest BCUT2D eigenvalue weighted by Gasteiger charge is 2.22. The van der Waals surface area contributed by atoms with Gasteiger partial charge in [-0.3, -0.25) is 9.69 Å². The highest BCUT2D eigenvalue weighted by Crippen LogP contribution is 2.31. The van der Waals surface area contributed by atoms with Gasteiger partial charge in [-0.25, -0.2) is 0 Å². The topological polar surface area (TPSA) is 49.8 Å². The van der Waals surface area contributed by atoms with E-state index in [0.717, 1.165) is 19.4 Å². The van der Waals surface area contributed by atoms with Gasteiger partial charge in [0.05, 0.1) is 13.2 Å². The summed E-state index contributed by atoms with van der Waals surface area (Å²) >= 11 is 0. The molecule has 0 heterocycles. The average molecular weight is 277 g/mol. The molecular weight excluding hydrogens is 254 g/mol. The Hall–Kier alpha value is -1.39. The molecule has 2 rings (SSSR count). The van der Waals surface area contributed by atoms with Crippen LogP contribution in [-0.2, 0) is 16.0 Å². The van der Waals surface area contributed by atoms with E-state index in [1.165, 1.54) is 17.5 Å². The predicted octanol–water partition coefficient (Wildman–Crippen LogP) is 2.14. The van der Waals surface area contributed by atoms with Crippen LogP contribution in [0.2, 0.25) is 0 Å². The standard InChI is InChI=1S/C16H23NO3/c1-20-10-9-17(12-16(18)19)11-14-7-4-6-13-5-2-3-8-15(13)14/h2-3,5,8,14H,4,6-7,9-12H2,1H3,(H,18,19). The van der Waals surface area contributed by atoms with Gasteiger partial charge in [0.2, 0.25) is 0 Å². The molecule has 1 aliphatic carbocycles. The Morgan fingerprint density at radius 1 is 1.45 bits per heavy atom. The molecule has 20 heavy (non-hydrogen) atoms. The molecule has 0 saturated heterocycles. The van der Waals surface area contributed by atoms with Crippen molar-refractivity contribution in [3.8, 4) is 0 Å². The van der Waals surface area contributed by atoms with Gasteiger partial charge < -0.3 is 9.84 Å². The van der Waals surface area contributed by atoms with Gasteiger partial charge in [-0.2, -0.15) is 0 Å². The normalized spacial score (nSPS) is 18.0. The molecule has 4 nitrogen and oxygen atoms in total. The van der Waals surface area contributed by atoms with E-state index in [4.69, 9.17) is 9.84 Å². The number of ether oxygens (including phenoxy) is 1. The molecule has 0 spiro atoms. The Bertz CT molecular complexity index is 447. The Kier molecular flexibility index (Phi) is 5.56. The van der Waals surface area contributed by atoms with Gasteiger partial charge in [-0.05, 0) is 36.3 Å². The predicted molar refractivity (Wildman–Crippen MR) is 78.1 cm³/mol. The van der Waals surface area contributed by atoms with Crippen molar-refractivity contribution in [2.24, 2.45) is 0 Å². The minimum atomic E-state index is -0.773. The lowest BCUT2D eigenvalue weighted by atomic mass is 9.82. The van der Waals surface area contributed by atoms with E-state index in [1.54, 1.807) is 7.11 Å². The molecule has 110 valence electrons. The number of hydrogen-bond acceptors (Lipinski definition) is 3. The molecule has 0 bridgehead atoms. The third-order valence-electron chi connectivity index (χ3n) is 3.94. The molecule has 0 aromatic heterocycles. The summed E-state index contributed by atoms with van der Waals surface area (Å²) < 4.78 is 5.08. The van der Waals surface area contributed by atoms with Gasteiger partial charge in [0.15, 0.2) is 0 Å². The highest BCUT2D eigenvalue weighted by molar-refractivity contribution is 5.69. The molecular formula is C16H23NO3. The molecule has 1 N–H and O–H groups in total. The van der Waals surface area contributed by atoms with Crippen molar-refractivity contribution in [2.75, 3.05) is 33.4 Å². The first-order valence-electron chi connectivity index (χ1n) is 7.21. The van der Waals surface area contributed by atoms with Crippen LogP contribution in [0.4, 0.5) is 0 Å². The first-order valence-corrected chi connectivity index (χ1v) is 7.21. The zero-order valence-corrected chi connectivity index (χ0v) is 12.0. The summed E-state index contributed by atoms with van der Waals surface area (Å²) in [4.78, 5) is 13.0. The molecule has 1 atom stereocenters. The fraction of sp³-hybridized carbons (Fsp3) is 0.562. The lowest BCUT2D eigenvalue weighted by Gasteiger charge is -2.30. The molecule has 0 aliphatic heterocycles. The quantitative estimate of drug-likeness (QED) is 0.829. The van der Waals surface area contributed by atoms with Gasteiger partial charge in [0, 0.05) is 20.2 Å². The number of benzene rings is 1. The summed E-state index contributed by atoms with van der Waals surface area (Å²) in [5, 5.41) is 9.03. The van der Waals surface area contributed by atoms with Crippen molar-refractivity contribution in [3.05, 3.63) is 35.4 Å². The second kappa shape index (κ2) is 7.41. The monoisotopic (exact) mass is 277 g/mol. The number of carboxylic acid groups (broad SMARTS) is 1. The van der Waals surface area contributed by atoms with E-state index in [1.807, 2.05) is 4.90 Å². The van der Waals surface area contributed by atoms with Crippen LogP contribution < -0.4 is 0 Å². The molecule has 0 saturated carbocycles. The summed E-state index contributed by atoms with van der Waals surface area (Å²) in [6.07, 6.45) is 3.47. The van der Waals surface area contributed by atoms with Crippen LogP contribution in [0.25, 0.3) is 0 Å². The van der Waals surface area contributed by atoms with Crippen LogP contribution in [0.15, 0.2) is 24.3 Å². The fourth-order valence-corrected chi connectivity index (χ4v) is 3.00. The first-order chi connectivity index (χ1) is 9.70. The van der Waals surface area contributed by atoms with Crippen molar-refractivity contribution >= 4 is 5.97 Å². The Labute approximate surface area is 120 Å². The zero-order valence-electron chi connectivity index (χ0n) is 12.0. The SMILES string of the molecule is COCCN(CC(=O)O)CC1CCCc2ccccc21. The summed E-state index contributed by atoms with van der Waals surface area (Å²) in [7, 11) is 1.65. The summed E-state index contributed by atoms with van der Waals surface area (Å²) in [6.45, 7) is 2.12. The average Bonchev–Trinajstić information content (AvgIpc) is 2.44. The molecule has 1 unspecified atom stereocenters. The van der Waals surface area contributed by atoms with Gasteiger partial charge in [-0.15, -0.1) is 0 Å². The van der Waals surface area contributed by atoms with Crippen molar-refractivity contribution in [3.63, 3.8) is 0 Å². The molecule has 1 aliphatic rings. The second-order valence-corrected chi connectivity index (χ2v) is 5.41. The number of methoxy groups -OCH3 is 1.